The van der Waals surface area contributed by atoms with Crippen LogP contribution in [0, 0.1) is 5.92 Å². The van der Waals surface area contributed by atoms with Gasteiger partial charge in [0.05, 0.1) is 0 Å². The fraction of sp³-hybridized carbons (Fsp3) is 0.636. The first-order valence-electron chi connectivity index (χ1n) is 10.6. The number of piperidine rings is 1. The minimum Gasteiger partial charge on any atom is -0.454 e. The molecule has 2 heterocycles. The van der Waals surface area contributed by atoms with Gasteiger partial charge in [0.1, 0.15) is 5.60 Å². The Kier molecular flexibility index (Phi) is 7.29. The number of nitrogens with one attached hydrogen (secondary N) is 2. The molecule has 2 aliphatic rings. The normalized spacial score (nSPS) is 18.9. The molecule has 2 N–H and O–H groups in total. The van der Waals surface area contributed by atoms with E-state index in [2.05, 4.69) is 15.6 Å². The van der Waals surface area contributed by atoms with E-state index < -0.39 is 5.60 Å². The first-order chi connectivity index (χ1) is 14.3. The second-order valence-electron chi connectivity index (χ2n) is 8.76. The number of benzene rings is 1. The maximum absolute atomic E-state index is 12.3. The lowest BCUT2D eigenvalue weighted by Gasteiger charge is -2.34. The molecule has 0 bridgehead atoms. The van der Waals surface area contributed by atoms with Gasteiger partial charge in [-0.2, -0.15) is 0 Å². The van der Waals surface area contributed by atoms with E-state index in [1.54, 1.807) is 7.05 Å². The third-order valence-corrected chi connectivity index (χ3v) is 5.14. The number of fused-ring (bicyclic) bond motifs is 1. The quantitative estimate of drug-likeness (QED) is 0.565. The molecule has 0 aliphatic carbocycles. The zero-order valence-electron chi connectivity index (χ0n) is 18.5. The highest BCUT2D eigenvalue weighted by Crippen LogP contribution is 2.32. The first-order valence-corrected chi connectivity index (χ1v) is 10.6. The van der Waals surface area contributed by atoms with Crippen molar-refractivity contribution in [3.05, 3.63) is 23.8 Å². The molecule has 1 atom stereocenters. The maximum Gasteiger partial charge on any atom is 0.410 e. The summed E-state index contributed by atoms with van der Waals surface area (Å²) in [5, 5.41) is 6.70. The van der Waals surface area contributed by atoms with Gasteiger partial charge in [-0.1, -0.05) is 6.07 Å². The fourth-order valence-corrected chi connectivity index (χ4v) is 3.65. The number of aliphatic imine (C=N–C) groups is 1. The highest BCUT2D eigenvalue weighted by molar-refractivity contribution is 5.79. The Morgan fingerprint density at radius 3 is 2.83 bits per heavy atom. The van der Waals surface area contributed by atoms with Gasteiger partial charge in [-0.15, -0.1) is 0 Å². The van der Waals surface area contributed by atoms with E-state index in [4.69, 9.17) is 14.2 Å². The molecular weight excluding hydrogens is 384 g/mol. The van der Waals surface area contributed by atoms with Crippen LogP contribution in [0.4, 0.5) is 4.79 Å². The largest absolute Gasteiger partial charge is 0.454 e. The molecule has 8 nitrogen and oxygen atoms in total. The molecule has 0 aromatic heterocycles. The molecular formula is C22H34N4O4. The van der Waals surface area contributed by atoms with Gasteiger partial charge in [-0.25, -0.2) is 4.79 Å². The molecule has 8 heteroatoms. The standard InChI is InChI=1S/C22H34N4O4/c1-22(2,3)30-21(27)26-11-5-6-16(14-26)9-10-24-20(23-4)25-13-17-7-8-18-19(12-17)29-15-28-18/h7-8,12,16H,5-6,9-11,13-15H2,1-4H3,(H2,23,24,25). The number of ether oxygens (including phenoxy) is 3. The van der Waals surface area contributed by atoms with Crippen LogP contribution >= 0.6 is 0 Å². The number of nitrogens with zero attached hydrogens (tertiary/aromatic N) is 2. The second-order valence-corrected chi connectivity index (χ2v) is 8.76. The van der Waals surface area contributed by atoms with Crippen molar-refractivity contribution in [2.45, 2.75) is 52.2 Å². The predicted molar refractivity (Wildman–Crippen MR) is 116 cm³/mol. The summed E-state index contributed by atoms with van der Waals surface area (Å²) in [7, 11) is 1.76. The zero-order valence-corrected chi connectivity index (χ0v) is 18.5. The minimum atomic E-state index is -0.457. The molecule has 30 heavy (non-hydrogen) atoms. The van der Waals surface area contributed by atoms with Crippen molar-refractivity contribution < 1.29 is 19.0 Å². The average Bonchev–Trinajstić information content (AvgIpc) is 3.17. The third kappa shape index (κ3) is 6.43. The Labute approximate surface area is 179 Å². The summed E-state index contributed by atoms with van der Waals surface area (Å²) in [5.74, 6) is 2.79. The smallest absolute Gasteiger partial charge is 0.410 e. The third-order valence-electron chi connectivity index (χ3n) is 5.14. The first kappa shape index (κ1) is 22.1. The lowest BCUT2D eigenvalue weighted by molar-refractivity contribution is 0.0162. The van der Waals surface area contributed by atoms with Crippen LogP contribution in [-0.2, 0) is 11.3 Å². The summed E-state index contributed by atoms with van der Waals surface area (Å²) >= 11 is 0. The number of carbonyl (C=O) groups is 1. The number of carbonyl (C=O) groups excluding carboxylic acids is 1. The lowest BCUT2D eigenvalue weighted by Crippen LogP contribution is -2.44. The van der Waals surface area contributed by atoms with Crippen LogP contribution in [0.25, 0.3) is 0 Å². The Balaban J connectivity index is 1.39. The monoisotopic (exact) mass is 418 g/mol. The van der Waals surface area contributed by atoms with Crippen molar-refractivity contribution in [3.8, 4) is 11.5 Å². The van der Waals surface area contributed by atoms with Crippen molar-refractivity contribution in [3.63, 3.8) is 0 Å². The predicted octanol–water partition coefficient (Wildman–Crippen LogP) is 3.12. The Morgan fingerprint density at radius 2 is 2.07 bits per heavy atom. The van der Waals surface area contributed by atoms with Crippen molar-refractivity contribution >= 4 is 12.1 Å². The van der Waals surface area contributed by atoms with Gasteiger partial charge in [-0.05, 0) is 63.6 Å². The summed E-state index contributed by atoms with van der Waals surface area (Å²) in [6.45, 7) is 8.95. The summed E-state index contributed by atoms with van der Waals surface area (Å²) in [5.41, 5.74) is 0.643. The van der Waals surface area contributed by atoms with E-state index in [0.29, 0.717) is 12.5 Å². The van der Waals surface area contributed by atoms with Crippen LogP contribution in [-0.4, -0.2) is 56.0 Å². The highest BCUT2D eigenvalue weighted by atomic mass is 16.7. The van der Waals surface area contributed by atoms with Crippen LogP contribution in [0.5, 0.6) is 11.5 Å². The number of amides is 1. The molecule has 1 fully saturated rings. The van der Waals surface area contributed by atoms with E-state index in [9.17, 15) is 4.79 Å². The molecule has 2 aliphatic heterocycles. The van der Waals surface area contributed by atoms with Gasteiger partial charge in [0.2, 0.25) is 6.79 Å². The molecule has 1 amide bonds. The van der Waals surface area contributed by atoms with Crippen molar-refractivity contribution in [1.82, 2.24) is 15.5 Å². The van der Waals surface area contributed by atoms with E-state index in [-0.39, 0.29) is 12.9 Å². The Morgan fingerprint density at radius 1 is 1.27 bits per heavy atom. The number of hydrogen-bond acceptors (Lipinski definition) is 5. The highest BCUT2D eigenvalue weighted by Gasteiger charge is 2.27. The molecule has 0 radical (unpaired) electrons. The number of rotatable bonds is 5. The van der Waals surface area contributed by atoms with Gasteiger partial charge >= 0.3 is 6.09 Å². The molecule has 1 aromatic carbocycles. The van der Waals surface area contributed by atoms with Crippen LogP contribution in [0.2, 0.25) is 0 Å². The van der Waals surface area contributed by atoms with Gasteiger partial charge < -0.3 is 29.7 Å². The van der Waals surface area contributed by atoms with Gasteiger partial charge in [0.25, 0.3) is 0 Å². The number of likely N-dealkylation sites (tertiary alicyclic amines) is 1. The summed E-state index contributed by atoms with van der Waals surface area (Å²) < 4.78 is 16.3. The second kappa shape index (κ2) is 9.91. The topological polar surface area (TPSA) is 84.4 Å². The van der Waals surface area contributed by atoms with Crippen molar-refractivity contribution in [2.24, 2.45) is 10.9 Å². The molecule has 1 aromatic rings. The Bertz CT molecular complexity index is 760. The Hall–Kier alpha value is -2.64. The van der Waals surface area contributed by atoms with Crippen LogP contribution < -0.4 is 20.1 Å². The summed E-state index contributed by atoms with van der Waals surface area (Å²) in [4.78, 5) is 18.5. The van der Waals surface area contributed by atoms with Gasteiger partial charge in [-0.3, -0.25) is 4.99 Å². The SMILES string of the molecule is CN=C(NCCC1CCCN(C(=O)OC(C)(C)C)C1)NCc1ccc2c(c1)OCO2. The van der Waals surface area contributed by atoms with Gasteiger partial charge in [0, 0.05) is 33.2 Å². The van der Waals surface area contributed by atoms with Crippen molar-refractivity contribution in [2.75, 3.05) is 33.5 Å². The van der Waals surface area contributed by atoms with Crippen LogP contribution in [0.3, 0.4) is 0 Å². The van der Waals surface area contributed by atoms with E-state index >= 15 is 0 Å². The van der Waals surface area contributed by atoms with E-state index in [0.717, 1.165) is 61.9 Å². The fourth-order valence-electron chi connectivity index (χ4n) is 3.65. The molecule has 3 rings (SSSR count). The summed E-state index contributed by atoms with van der Waals surface area (Å²) in [6.07, 6.45) is 2.91. The molecule has 1 unspecified atom stereocenters. The zero-order chi connectivity index (χ0) is 21.6. The molecule has 0 spiro atoms. The summed E-state index contributed by atoms with van der Waals surface area (Å²) in [6, 6.07) is 5.92. The molecule has 166 valence electrons. The lowest BCUT2D eigenvalue weighted by atomic mass is 9.95. The van der Waals surface area contributed by atoms with Crippen molar-refractivity contribution in [1.29, 1.82) is 0 Å². The maximum atomic E-state index is 12.3. The van der Waals surface area contributed by atoms with E-state index in [1.165, 1.54) is 0 Å². The average molecular weight is 419 g/mol. The van der Waals surface area contributed by atoms with Gasteiger partial charge in [0.15, 0.2) is 17.5 Å². The minimum absolute atomic E-state index is 0.207. The number of guanidine groups is 1. The van der Waals surface area contributed by atoms with Crippen LogP contribution in [0.1, 0.15) is 45.6 Å². The van der Waals surface area contributed by atoms with Crippen LogP contribution in [0.15, 0.2) is 23.2 Å². The molecule has 1 saturated heterocycles. The number of hydrogen-bond donors (Lipinski definition) is 2. The molecule has 0 saturated carbocycles. The van der Waals surface area contributed by atoms with E-state index in [1.807, 2.05) is 43.9 Å².